The van der Waals surface area contributed by atoms with E-state index in [0.29, 0.717) is 16.8 Å². The Morgan fingerprint density at radius 2 is 2.17 bits per heavy atom. The van der Waals surface area contributed by atoms with Crippen molar-refractivity contribution in [2.75, 3.05) is 12.4 Å². The van der Waals surface area contributed by atoms with Gasteiger partial charge in [-0.25, -0.2) is 9.78 Å². The van der Waals surface area contributed by atoms with E-state index in [4.69, 9.17) is 14.0 Å². The zero-order valence-corrected chi connectivity index (χ0v) is 14.6. The van der Waals surface area contributed by atoms with Crippen molar-refractivity contribution < 1.29 is 18.8 Å². The number of fused-ring (bicyclic) bond motifs is 1. The number of nitrogens with one attached hydrogen (secondary N) is 1. The van der Waals surface area contributed by atoms with Gasteiger partial charge in [-0.3, -0.25) is 5.32 Å². The molecule has 1 amide bonds. The number of thiophene rings is 1. The first-order valence-corrected chi connectivity index (χ1v) is 8.18. The number of carbonyl (C=O) groups is 1. The number of hydrogen-bond donors (Lipinski definition) is 1. The number of hydrogen-bond acceptors (Lipinski definition) is 7. The van der Waals surface area contributed by atoms with Gasteiger partial charge in [0.05, 0.1) is 12.8 Å². The number of rotatable bonds is 3. The fourth-order valence-electron chi connectivity index (χ4n) is 2.12. The molecule has 3 aromatic rings. The third-order valence-corrected chi connectivity index (χ3v) is 3.75. The molecule has 0 saturated heterocycles. The summed E-state index contributed by atoms with van der Waals surface area (Å²) in [5.74, 6) is 0.717. The first-order chi connectivity index (χ1) is 11.4. The van der Waals surface area contributed by atoms with Gasteiger partial charge < -0.3 is 14.0 Å². The minimum absolute atomic E-state index is 0.209. The zero-order chi connectivity index (χ0) is 17.3. The molecule has 0 saturated carbocycles. The third-order valence-electron chi connectivity index (χ3n) is 3.07. The van der Waals surface area contributed by atoms with E-state index in [0.717, 1.165) is 5.56 Å². The molecule has 24 heavy (non-hydrogen) atoms. The summed E-state index contributed by atoms with van der Waals surface area (Å²) >= 11 is 1.57. The molecule has 0 aliphatic rings. The van der Waals surface area contributed by atoms with Crippen LogP contribution in [0.5, 0.6) is 5.75 Å². The van der Waals surface area contributed by atoms with Gasteiger partial charge >= 0.3 is 6.09 Å². The largest absolute Gasteiger partial charge is 0.496 e. The Morgan fingerprint density at radius 1 is 1.38 bits per heavy atom. The lowest BCUT2D eigenvalue weighted by molar-refractivity contribution is 0.0635. The standard InChI is InChI=1S/C16H17N3O4S/c1-16(2,3)22-15(20)18-13-12-11(21-4)7-10(9-5-6-24-8-9)17-14(12)23-19-13/h5-8H,1-4H3,(H,18,19,20). The van der Waals surface area contributed by atoms with Crippen LogP contribution in [0.2, 0.25) is 0 Å². The molecule has 1 N–H and O–H groups in total. The summed E-state index contributed by atoms with van der Waals surface area (Å²) in [4.78, 5) is 16.4. The predicted octanol–water partition coefficient (Wildman–Crippen LogP) is 4.31. The van der Waals surface area contributed by atoms with Crippen LogP contribution in [-0.4, -0.2) is 28.9 Å². The quantitative estimate of drug-likeness (QED) is 0.760. The zero-order valence-electron chi connectivity index (χ0n) is 13.7. The van der Waals surface area contributed by atoms with Gasteiger partial charge in [-0.1, -0.05) is 5.16 Å². The van der Waals surface area contributed by atoms with E-state index in [2.05, 4.69) is 15.5 Å². The Labute approximate surface area is 142 Å². The van der Waals surface area contributed by atoms with Crippen molar-refractivity contribution in [3.05, 3.63) is 22.9 Å². The SMILES string of the molecule is COc1cc(-c2ccsc2)nc2onc(NC(=O)OC(C)(C)C)c12. The summed E-state index contributed by atoms with van der Waals surface area (Å²) in [6.45, 7) is 5.34. The van der Waals surface area contributed by atoms with Crippen LogP contribution in [-0.2, 0) is 4.74 Å². The van der Waals surface area contributed by atoms with Gasteiger partial charge in [-0.15, -0.1) is 0 Å². The highest BCUT2D eigenvalue weighted by molar-refractivity contribution is 7.08. The predicted molar refractivity (Wildman–Crippen MR) is 91.5 cm³/mol. The van der Waals surface area contributed by atoms with Crippen molar-refractivity contribution in [3.63, 3.8) is 0 Å². The molecular weight excluding hydrogens is 330 g/mol. The van der Waals surface area contributed by atoms with Crippen LogP contribution in [0.1, 0.15) is 20.8 Å². The van der Waals surface area contributed by atoms with Crippen LogP contribution in [0.15, 0.2) is 27.4 Å². The maximum absolute atomic E-state index is 11.9. The Bertz CT molecular complexity index is 865. The van der Waals surface area contributed by atoms with Gasteiger partial charge in [-0.05, 0) is 32.2 Å². The molecule has 3 heterocycles. The number of aromatic nitrogens is 2. The van der Waals surface area contributed by atoms with Crippen LogP contribution in [0.25, 0.3) is 22.4 Å². The third kappa shape index (κ3) is 3.33. The highest BCUT2D eigenvalue weighted by Gasteiger charge is 2.22. The van der Waals surface area contributed by atoms with Crippen molar-refractivity contribution in [1.29, 1.82) is 0 Å². The Hall–Kier alpha value is -2.61. The second kappa shape index (κ2) is 6.12. The molecule has 0 radical (unpaired) electrons. The molecule has 0 unspecified atom stereocenters. The summed E-state index contributed by atoms with van der Waals surface area (Å²) in [7, 11) is 1.54. The molecule has 0 spiro atoms. The first-order valence-electron chi connectivity index (χ1n) is 7.24. The molecular formula is C16H17N3O4S. The number of anilines is 1. The molecule has 8 heteroatoms. The van der Waals surface area contributed by atoms with Crippen molar-refractivity contribution in [2.45, 2.75) is 26.4 Å². The van der Waals surface area contributed by atoms with Gasteiger partial charge in [0.2, 0.25) is 0 Å². The highest BCUT2D eigenvalue weighted by Crippen LogP contribution is 2.35. The minimum Gasteiger partial charge on any atom is -0.496 e. The Morgan fingerprint density at radius 3 is 2.79 bits per heavy atom. The lowest BCUT2D eigenvalue weighted by Crippen LogP contribution is -2.27. The van der Waals surface area contributed by atoms with Crippen LogP contribution in [0.3, 0.4) is 0 Å². The summed E-state index contributed by atoms with van der Waals surface area (Å²) in [6, 6.07) is 3.73. The van der Waals surface area contributed by atoms with E-state index < -0.39 is 11.7 Å². The monoisotopic (exact) mass is 347 g/mol. The lowest BCUT2D eigenvalue weighted by atomic mass is 10.2. The topological polar surface area (TPSA) is 86.5 Å². The number of methoxy groups -OCH3 is 1. The summed E-state index contributed by atoms with van der Waals surface area (Å²) in [5, 5.41) is 10.9. The summed E-state index contributed by atoms with van der Waals surface area (Å²) < 4.78 is 15.9. The minimum atomic E-state index is -0.623. The maximum Gasteiger partial charge on any atom is 0.413 e. The van der Waals surface area contributed by atoms with Gasteiger partial charge in [0.1, 0.15) is 16.7 Å². The van der Waals surface area contributed by atoms with Crippen molar-refractivity contribution in [1.82, 2.24) is 10.1 Å². The molecule has 3 rings (SSSR count). The van der Waals surface area contributed by atoms with Crippen LogP contribution < -0.4 is 10.1 Å². The highest BCUT2D eigenvalue weighted by atomic mass is 32.1. The Balaban J connectivity index is 1.98. The fraction of sp³-hybridized carbons (Fsp3) is 0.312. The number of pyridine rings is 1. The number of ether oxygens (including phenoxy) is 2. The van der Waals surface area contributed by atoms with Gasteiger partial charge in [0, 0.05) is 17.0 Å². The van der Waals surface area contributed by atoms with Crippen molar-refractivity contribution >= 4 is 34.3 Å². The van der Waals surface area contributed by atoms with Gasteiger partial charge in [0.25, 0.3) is 5.71 Å². The van der Waals surface area contributed by atoms with E-state index >= 15 is 0 Å². The molecule has 0 aromatic carbocycles. The second-order valence-electron chi connectivity index (χ2n) is 6.06. The summed E-state index contributed by atoms with van der Waals surface area (Å²) in [6.07, 6.45) is -0.623. The molecule has 0 bridgehead atoms. The number of amides is 1. The maximum atomic E-state index is 11.9. The average Bonchev–Trinajstić information content (AvgIpc) is 3.14. The van der Waals surface area contributed by atoms with E-state index in [1.165, 1.54) is 7.11 Å². The van der Waals surface area contributed by atoms with Gasteiger partial charge in [-0.2, -0.15) is 11.3 Å². The van der Waals surface area contributed by atoms with Gasteiger partial charge in [0.15, 0.2) is 5.82 Å². The molecule has 0 atom stereocenters. The molecule has 3 aromatic heterocycles. The molecule has 126 valence electrons. The first kappa shape index (κ1) is 16.3. The van der Waals surface area contributed by atoms with Crippen molar-refractivity contribution in [3.8, 4) is 17.0 Å². The lowest BCUT2D eigenvalue weighted by Gasteiger charge is -2.19. The molecule has 7 nitrogen and oxygen atoms in total. The van der Waals surface area contributed by atoms with Crippen LogP contribution >= 0.6 is 11.3 Å². The molecule has 0 aliphatic heterocycles. The fourth-order valence-corrected chi connectivity index (χ4v) is 2.77. The number of carbonyl (C=O) groups excluding carboxylic acids is 1. The molecule has 0 fully saturated rings. The summed E-state index contributed by atoms with van der Waals surface area (Å²) in [5.41, 5.74) is 1.33. The normalized spacial score (nSPS) is 11.5. The molecule has 0 aliphatic carbocycles. The van der Waals surface area contributed by atoms with Crippen molar-refractivity contribution in [2.24, 2.45) is 0 Å². The number of nitrogens with zero attached hydrogens (tertiary/aromatic N) is 2. The van der Waals surface area contributed by atoms with Crippen LogP contribution in [0.4, 0.5) is 10.6 Å². The smallest absolute Gasteiger partial charge is 0.413 e. The van der Waals surface area contributed by atoms with E-state index in [1.807, 2.05) is 16.8 Å². The average molecular weight is 347 g/mol. The second-order valence-corrected chi connectivity index (χ2v) is 6.84. The van der Waals surface area contributed by atoms with Crippen LogP contribution in [0, 0.1) is 0 Å². The van der Waals surface area contributed by atoms with E-state index in [1.54, 1.807) is 38.2 Å². The Kier molecular flexibility index (Phi) is 4.15. The van der Waals surface area contributed by atoms with E-state index in [9.17, 15) is 4.79 Å². The van der Waals surface area contributed by atoms with E-state index in [-0.39, 0.29) is 11.5 Å².